The summed E-state index contributed by atoms with van der Waals surface area (Å²) in [5, 5.41) is 18.5. The molecule has 3 heterocycles. The van der Waals surface area contributed by atoms with Gasteiger partial charge in [0.05, 0.1) is 47.7 Å². The van der Waals surface area contributed by atoms with Crippen molar-refractivity contribution in [2.24, 2.45) is 5.41 Å². The van der Waals surface area contributed by atoms with Crippen LogP contribution in [0.25, 0.3) is 22.3 Å². The summed E-state index contributed by atoms with van der Waals surface area (Å²) in [5.41, 5.74) is 1.85. The van der Waals surface area contributed by atoms with Crippen LogP contribution >= 0.6 is 0 Å². The molecule has 5 aromatic rings. The van der Waals surface area contributed by atoms with E-state index in [2.05, 4.69) is 9.97 Å². The summed E-state index contributed by atoms with van der Waals surface area (Å²) in [6.45, 7) is 4.74. The Morgan fingerprint density at radius 1 is 1.04 bits per heavy atom. The van der Waals surface area contributed by atoms with Crippen LogP contribution < -0.4 is 4.74 Å². The molecule has 0 amide bonds. The van der Waals surface area contributed by atoms with Crippen molar-refractivity contribution in [2.75, 3.05) is 13.2 Å². The molecule has 0 spiro atoms. The quantitative estimate of drug-likeness (QED) is 0.204. The molecule has 0 bridgehead atoms. The number of pyridine rings is 1. The third-order valence-corrected chi connectivity index (χ3v) is 8.00. The first-order valence-electron chi connectivity index (χ1n) is 14.1. The van der Waals surface area contributed by atoms with Crippen molar-refractivity contribution < 1.29 is 32.5 Å². The van der Waals surface area contributed by atoms with E-state index < -0.39 is 23.4 Å². The number of aromatic nitrogens is 3. The maximum absolute atomic E-state index is 15.6. The Morgan fingerprint density at radius 3 is 2.49 bits per heavy atom. The van der Waals surface area contributed by atoms with Crippen LogP contribution in [0.4, 0.5) is 13.2 Å². The van der Waals surface area contributed by atoms with E-state index in [1.165, 1.54) is 24.3 Å². The molecule has 6 rings (SSSR count). The number of carboxylic acids is 1. The Kier molecular flexibility index (Phi) is 7.76. The first kappa shape index (κ1) is 29.8. The molecule has 8 nitrogen and oxygen atoms in total. The predicted octanol–water partition coefficient (Wildman–Crippen LogP) is 6.85. The zero-order valence-corrected chi connectivity index (χ0v) is 24.4. The van der Waals surface area contributed by atoms with Crippen LogP contribution in [-0.4, -0.2) is 38.8 Å². The second-order valence-corrected chi connectivity index (χ2v) is 11.6. The zero-order chi connectivity index (χ0) is 31.9. The van der Waals surface area contributed by atoms with Gasteiger partial charge in [0.15, 0.2) is 11.6 Å². The number of imidazole rings is 1. The van der Waals surface area contributed by atoms with Gasteiger partial charge in [0.1, 0.15) is 23.8 Å². The number of nitriles is 1. The number of carboxylic acid groups (broad SMARTS) is 1. The number of nitrogens with zero attached hydrogens (tertiary/aromatic N) is 4. The Balaban J connectivity index is 1.31. The van der Waals surface area contributed by atoms with Gasteiger partial charge in [0.2, 0.25) is 0 Å². The highest BCUT2D eigenvalue weighted by Crippen LogP contribution is 2.41. The van der Waals surface area contributed by atoms with Crippen molar-refractivity contribution in [1.82, 2.24) is 14.5 Å². The lowest BCUT2D eigenvalue weighted by atomic mass is 9.87. The van der Waals surface area contributed by atoms with Gasteiger partial charge in [-0.25, -0.2) is 27.9 Å². The molecule has 45 heavy (non-hydrogen) atoms. The normalized spacial score (nSPS) is 15.7. The lowest BCUT2D eigenvalue weighted by molar-refractivity contribution is 0.0696. The smallest absolute Gasteiger partial charge is 0.335 e. The van der Waals surface area contributed by atoms with E-state index in [1.807, 2.05) is 19.9 Å². The number of carbonyl (C=O) groups is 1. The second-order valence-electron chi connectivity index (χ2n) is 11.6. The van der Waals surface area contributed by atoms with Gasteiger partial charge in [0, 0.05) is 17.4 Å². The molecular formula is C34H27F3N4O4. The number of halogens is 3. The number of aromatic carboxylic acids is 1. The van der Waals surface area contributed by atoms with Crippen molar-refractivity contribution in [1.29, 1.82) is 5.26 Å². The van der Waals surface area contributed by atoms with Gasteiger partial charge < -0.3 is 19.1 Å². The Hall–Kier alpha value is -5.21. The minimum atomic E-state index is -1.27. The van der Waals surface area contributed by atoms with Crippen LogP contribution in [0, 0.1) is 34.2 Å². The highest BCUT2D eigenvalue weighted by molar-refractivity contribution is 5.93. The topological polar surface area (TPSA) is 110 Å². The number of fused-ring (bicyclic) bond motifs is 1. The average Bonchev–Trinajstić information content (AvgIpc) is 3.56. The van der Waals surface area contributed by atoms with E-state index in [-0.39, 0.29) is 52.7 Å². The van der Waals surface area contributed by atoms with Gasteiger partial charge in [-0.15, -0.1) is 0 Å². The zero-order valence-electron chi connectivity index (χ0n) is 24.4. The minimum Gasteiger partial charge on any atom is -0.478 e. The van der Waals surface area contributed by atoms with Crippen LogP contribution in [0.2, 0.25) is 0 Å². The van der Waals surface area contributed by atoms with Crippen LogP contribution in [0.1, 0.15) is 52.8 Å². The fourth-order valence-electron chi connectivity index (χ4n) is 5.51. The highest BCUT2D eigenvalue weighted by atomic mass is 19.1. The monoisotopic (exact) mass is 612 g/mol. The van der Waals surface area contributed by atoms with Crippen molar-refractivity contribution in [3.63, 3.8) is 0 Å². The summed E-state index contributed by atoms with van der Waals surface area (Å²) < 4.78 is 58.3. The van der Waals surface area contributed by atoms with Gasteiger partial charge in [-0.05, 0) is 53.6 Å². The van der Waals surface area contributed by atoms with E-state index in [4.69, 9.17) is 14.7 Å². The lowest BCUT2D eigenvalue weighted by Gasteiger charge is -2.28. The number of rotatable bonds is 8. The molecule has 11 heteroatoms. The number of benzene rings is 3. The fraction of sp³-hybridized carbons (Fsp3) is 0.235. The summed E-state index contributed by atoms with van der Waals surface area (Å²) in [6.07, 6.45) is -0.00891. The molecule has 228 valence electrons. The van der Waals surface area contributed by atoms with Crippen molar-refractivity contribution >= 4 is 17.0 Å². The number of hydrogen-bond acceptors (Lipinski definition) is 6. The largest absolute Gasteiger partial charge is 0.478 e. The second kappa shape index (κ2) is 11.7. The third-order valence-electron chi connectivity index (χ3n) is 8.00. The van der Waals surface area contributed by atoms with Gasteiger partial charge in [-0.1, -0.05) is 38.1 Å². The predicted molar refractivity (Wildman–Crippen MR) is 158 cm³/mol. The van der Waals surface area contributed by atoms with Crippen LogP contribution in [0.3, 0.4) is 0 Å². The summed E-state index contributed by atoms with van der Waals surface area (Å²) >= 11 is 0. The fourth-order valence-corrected chi connectivity index (χ4v) is 5.51. The van der Waals surface area contributed by atoms with Gasteiger partial charge in [0.25, 0.3) is 5.88 Å². The minimum absolute atomic E-state index is 0.00113. The molecule has 0 radical (unpaired) electrons. The maximum atomic E-state index is 15.6. The van der Waals surface area contributed by atoms with E-state index in [0.29, 0.717) is 41.2 Å². The molecule has 1 atom stereocenters. The molecular weight excluding hydrogens is 585 g/mol. The SMILES string of the molecule is CC1(C)COCC1n1c(Cc2ccc(-c3ccc(F)c(OCc4ccc(C#N)cc4)n3)cc2F)nc2c(F)cc(C(=O)O)cc21. The Bertz CT molecular complexity index is 1980. The van der Waals surface area contributed by atoms with Crippen LogP contribution in [0.15, 0.2) is 66.7 Å². The van der Waals surface area contributed by atoms with Gasteiger partial charge in [-0.2, -0.15) is 5.26 Å². The molecule has 0 saturated carbocycles. The summed E-state index contributed by atoms with van der Waals surface area (Å²) in [4.78, 5) is 20.5. The van der Waals surface area contributed by atoms with Crippen LogP contribution in [-0.2, 0) is 17.8 Å². The third kappa shape index (κ3) is 5.84. The molecule has 1 fully saturated rings. The van der Waals surface area contributed by atoms with E-state index in [0.717, 1.165) is 6.07 Å². The molecule has 1 unspecified atom stereocenters. The summed E-state index contributed by atoms with van der Waals surface area (Å²) in [6, 6.07) is 17.8. The summed E-state index contributed by atoms with van der Waals surface area (Å²) in [7, 11) is 0. The molecule has 1 aliphatic heterocycles. The lowest BCUT2D eigenvalue weighted by Crippen LogP contribution is -2.27. The van der Waals surface area contributed by atoms with Crippen LogP contribution in [0.5, 0.6) is 5.88 Å². The summed E-state index contributed by atoms with van der Waals surface area (Å²) in [5.74, 6) is -3.20. The molecule has 2 aromatic heterocycles. The van der Waals surface area contributed by atoms with Crippen molar-refractivity contribution in [2.45, 2.75) is 32.9 Å². The number of ether oxygens (including phenoxy) is 2. The van der Waals surface area contributed by atoms with E-state index in [1.54, 1.807) is 41.0 Å². The molecule has 0 aliphatic carbocycles. The Labute approximate surface area is 256 Å². The maximum Gasteiger partial charge on any atom is 0.335 e. The van der Waals surface area contributed by atoms with E-state index >= 15 is 8.78 Å². The first-order valence-corrected chi connectivity index (χ1v) is 14.1. The molecule has 1 N–H and O–H groups in total. The molecule has 1 aliphatic rings. The molecule has 3 aromatic carbocycles. The Morgan fingerprint density at radius 2 is 1.82 bits per heavy atom. The first-order chi connectivity index (χ1) is 21.5. The van der Waals surface area contributed by atoms with Crippen molar-refractivity contribution in [3.8, 4) is 23.2 Å². The molecule has 1 saturated heterocycles. The standard InChI is InChI=1S/C34H27F3N4O4/c1-34(2)18-44-17-29(34)41-28-13-23(33(42)43)12-26(37)31(28)40-30(41)14-21-7-8-22(11-25(21)36)27-10-9-24(35)32(39-27)45-16-20-5-3-19(15-38)4-6-20/h3-13,29H,14,16-18H2,1-2H3,(H,42,43). The van der Waals surface area contributed by atoms with Gasteiger partial charge >= 0.3 is 5.97 Å². The van der Waals surface area contributed by atoms with Gasteiger partial charge in [-0.3, -0.25) is 0 Å². The highest BCUT2D eigenvalue weighted by Gasteiger charge is 2.39. The average molecular weight is 613 g/mol. The number of hydrogen-bond donors (Lipinski definition) is 1. The van der Waals surface area contributed by atoms with Crippen molar-refractivity contribution in [3.05, 3.63) is 112 Å². The van der Waals surface area contributed by atoms with E-state index in [9.17, 15) is 14.3 Å².